The summed E-state index contributed by atoms with van der Waals surface area (Å²) in [7, 11) is 0. The lowest BCUT2D eigenvalue weighted by Gasteiger charge is -2.27. The number of hydrogen-bond acceptors (Lipinski definition) is 5. The van der Waals surface area contributed by atoms with Gasteiger partial charge in [-0.25, -0.2) is 22.9 Å². The van der Waals surface area contributed by atoms with Crippen molar-refractivity contribution in [1.29, 1.82) is 0 Å². The van der Waals surface area contributed by atoms with Crippen LogP contribution >= 0.6 is 0 Å². The van der Waals surface area contributed by atoms with Gasteiger partial charge >= 0.3 is 5.97 Å². The smallest absolute Gasteiger partial charge is 0.341 e. The third-order valence-corrected chi connectivity index (χ3v) is 6.18. The van der Waals surface area contributed by atoms with Crippen LogP contribution in [0.5, 0.6) is 5.88 Å². The van der Waals surface area contributed by atoms with E-state index in [0.29, 0.717) is 18.5 Å². The van der Waals surface area contributed by atoms with Crippen LogP contribution in [-0.2, 0) is 0 Å². The largest absolute Gasteiger partial charge is 0.477 e. The lowest BCUT2D eigenvalue weighted by molar-refractivity contribution is 0.0695. The van der Waals surface area contributed by atoms with Crippen LogP contribution in [0.4, 0.5) is 18.9 Å². The molecule has 1 N–H and O–H groups in total. The van der Waals surface area contributed by atoms with Crippen LogP contribution in [0, 0.1) is 17.5 Å². The normalized spacial score (nSPS) is 15.4. The molecule has 7 nitrogen and oxygen atoms in total. The van der Waals surface area contributed by atoms with Gasteiger partial charge in [-0.05, 0) is 43.2 Å². The number of rotatable bonds is 6. The van der Waals surface area contributed by atoms with E-state index < -0.39 is 34.4 Å². The van der Waals surface area contributed by atoms with Crippen LogP contribution in [0.1, 0.15) is 23.2 Å². The zero-order chi connectivity index (χ0) is 25.4. The quantitative estimate of drug-likeness (QED) is 0.423. The fraction of sp³-hybridized carbons (Fsp3) is 0.192. The van der Waals surface area contributed by atoms with E-state index in [1.54, 1.807) is 24.4 Å². The summed E-state index contributed by atoms with van der Waals surface area (Å²) in [5.41, 5.74) is -1.31. The van der Waals surface area contributed by atoms with Crippen molar-refractivity contribution in [3.63, 3.8) is 0 Å². The van der Waals surface area contributed by atoms with Gasteiger partial charge in [0.1, 0.15) is 29.6 Å². The topological polar surface area (TPSA) is 84.7 Å². The second kappa shape index (κ2) is 9.37. The van der Waals surface area contributed by atoms with E-state index >= 15 is 4.39 Å². The molecule has 0 radical (unpaired) electrons. The van der Waals surface area contributed by atoms with E-state index in [4.69, 9.17) is 4.74 Å². The van der Waals surface area contributed by atoms with Crippen molar-refractivity contribution in [3.05, 3.63) is 94.2 Å². The van der Waals surface area contributed by atoms with Gasteiger partial charge in [0.2, 0.25) is 11.3 Å². The molecule has 1 aliphatic heterocycles. The van der Waals surface area contributed by atoms with E-state index in [9.17, 15) is 23.5 Å². The first-order valence-electron chi connectivity index (χ1n) is 11.2. The monoisotopic (exact) mass is 495 g/mol. The number of nitrogens with zero attached hydrogens (tertiary/aromatic N) is 3. The molecule has 0 aliphatic carbocycles. The SMILES string of the molecule is O=C(O)c1cn(-c2cc(F)cc(F)c2)c2cc(N3CCC[C@@H]3COc3ccccn3)c(F)cc2c1=O. The van der Waals surface area contributed by atoms with E-state index in [2.05, 4.69) is 4.98 Å². The van der Waals surface area contributed by atoms with Gasteiger partial charge in [0.05, 0.1) is 22.9 Å². The first kappa shape index (κ1) is 23.4. The van der Waals surface area contributed by atoms with Crippen molar-refractivity contribution >= 4 is 22.6 Å². The Morgan fingerprint density at radius 3 is 2.58 bits per heavy atom. The summed E-state index contributed by atoms with van der Waals surface area (Å²) in [6.45, 7) is 0.763. The summed E-state index contributed by atoms with van der Waals surface area (Å²) in [6, 6.07) is 10.1. The van der Waals surface area contributed by atoms with Gasteiger partial charge < -0.3 is 19.3 Å². The van der Waals surface area contributed by atoms with Gasteiger partial charge in [0.25, 0.3) is 0 Å². The number of halogens is 3. The maximum Gasteiger partial charge on any atom is 0.341 e. The van der Waals surface area contributed by atoms with Gasteiger partial charge in [-0.1, -0.05) is 6.07 Å². The summed E-state index contributed by atoms with van der Waals surface area (Å²) >= 11 is 0. The van der Waals surface area contributed by atoms with Gasteiger partial charge in [0, 0.05) is 36.5 Å². The van der Waals surface area contributed by atoms with Crippen molar-refractivity contribution in [2.75, 3.05) is 18.1 Å². The maximum atomic E-state index is 15.4. The minimum Gasteiger partial charge on any atom is -0.477 e. The van der Waals surface area contributed by atoms with E-state index in [0.717, 1.165) is 37.2 Å². The molecule has 10 heteroatoms. The Labute approximate surface area is 203 Å². The fourth-order valence-corrected chi connectivity index (χ4v) is 4.54. The number of anilines is 1. The summed E-state index contributed by atoms with van der Waals surface area (Å²) in [4.78, 5) is 30.5. The predicted octanol–water partition coefficient (Wildman–Crippen LogP) is 4.55. The molecule has 1 saturated heterocycles. The van der Waals surface area contributed by atoms with Crippen molar-refractivity contribution in [2.45, 2.75) is 18.9 Å². The summed E-state index contributed by atoms with van der Waals surface area (Å²) in [6.07, 6.45) is 4.09. The number of aromatic carboxylic acids is 1. The van der Waals surface area contributed by atoms with Crippen molar-refractivity contribution < 1.29 is 27.8 Å². The van der Waals surface area contributed by atoms with Gasteiger partial charge in [0.15, 0.2) is 0 Å². The minimum atomic E-state index is -1.54. The molecule has 2 aromatic carbocycles. The summed E-state index contributed by atoms with van der Waals surface area (Å²) in [5.74, 6) is -3.59. The van der Waals surface area contributed by atoms with Gasteiger partial charge in [-0.2, -0.15) is 0 Å². The van der Waals surface area contributed by atoms with Crippen LogP contribution in [0.3, 0.4) is 0 Å². The molecule has 2 aromatic heterocycles. The molecule has 5 rings (SSSR count). The first-order valence-corrected chi connectivity index (χ1v) is 11.2. The molecule has 0 bridgehead atoms. The standard InChI is InChI=1S/C26H20F3N3O4/c27-15-8-16(28)10-18(9-15)32-13-20(26(34)35)25(33)19-11-21(29)23(12-22(19)32)31-7-3-4-17(31)14-36-24-5-1-2-6-30-24/h1-2,5-6,8-13,17H,3-4,7,14H2,(H,34,35)/t17-/m1/s1. The van der Waals surface area contributed by atoms with Crippen molar-refractivity contribution in [1.82, 2.24) is 9.55 Å². The molecular weight excluding hydrogens is 475 g/mol. The molecule has 0 amide bonds. The third-order valence-electron chi connectivity index (χ3n) is 6.18. The molecule has 184 valence electrons. The molecule has 1 fully saturated rings. The average Bonchev–Trinajstić information content (AvgIpc) is 3.31. The molecule has 0 spiro atoms. The Morgan fingerprint density at radius 2 is 1.89 bits per heavy atom. The number of ether oxygens (including phenoxy) is 1. The van der Waals surface area contributed by atoms with Crippen molar-refractivity contribution in [3.8, 4) is 11.6 Å². The molecule has 1 atom stereocenters. The van der Waals surface area contributed by atoms with Crippen LogP contribution in [-0.4, -0.2) is 39.8 Å². The number of pyridine rings is 2. The van der Waals surface area contributed by atoms with E-state index in [-0.39, 0.29) is 34.9 Å². The number of fused-ring (bicyclic) bond motifs is 1. The Balaban J connectivity index is 1.63. The highest BCUT2D eigenvalue weighted by Gasteiger charge is 2.29. The highest BCUT2D eigenvalue weighted by molar-refractivity contribution is 5.94. The highest BCUT2D eigenvalue weighted by atomic mass is 19.1. The second-order valence-corrected chi connectivity index (χ2v) is 8.46. The number of aromatic nitrogens is 2. The van der Waals surface area contributed by atoms with Crippen LogP contribution in [0.25, 0.3) is 16.6 Å². The lowest BCUT2D eigenvalue weighted by Crippen LogP contribution is -2.35. The molecule has 0 unspecified atom stereocenters. The highest BCUT2D eigenvalue weighted by Crippen LogP contribution is 2.32. The van der Waals surface area contributed by atoms with E-state index in [1.807, 2.05) is 4.90 Å². The van der Waals surface area contributed by atoms with E-state index in [1.165, 1.54) is 10.6 Å². The molecular formula is C26H20F3N3O4. The zero-order valence-corrected chi connectivity index (χ0v) is 18.8. The number of carboxylic acid groups (broad SMARTS) is 1. The lowest BCUT2D eigenvalue weighted by atomic mass is 10.1. The number of carbonyl (C=O) groups is 1. The Morgan fingerprint density at radius 1 is 1.11 bits per heavy atom. The summed E-state index contributed by atoms with van der Waals surface area (Å²) in [5, 5.41) is 9.29. The second-order valence-electron chi connectivity index (χ2n) is 8.46. The molecule has 0 saturated carbocycles. The Kier molecular flexibility index (Phi) is 6.09. The number of carboxylic acids is 1. The zero-order valence-electron chi connectivity index (χ0n) is 18.8. The van der Waals surface area contributed by atoms with Gasteiger partial charge in [-0.15, -0.1) is 0 Å². The average molecular weight is 495 g/mol. The molecule has 3 heterocycles. The minimum absolute atomic E-state index is 0.0472. The van der Waals surface area contributed by atoms with Crippen LogP contribution in [0.15, 0.2) is 65.7 Å². The predicted molar refractivity (Wildman–Crippen MR) is 126 cm³/mol. The number of benzene rings is 2. The molecule has 36 heavy (non-hydrogen) atoms. The van der Waals surface area contributed by atoms with Gasteiger partial charge in [-0.3, -0.25) is 4.79 Å². The summed E-state index contributed by atoms with van der Waals surface area (Å²) < 4.78 is 50.3. The van der Waals surface area contributed by atoms with Crippen LogP contribution in [0.2, 0.25) is 0 Å². The maximum absolute atomic E-state index is 15.4. The molecule has 4 aromatic rings. The fourth-order valence-electron chi connectivity index (χ4n) is 4.54. The Hall–Kier alpha value is -4.34. The Bertz CT molecular complexity index is 1500. The van der Waals surface area contributed by atoms with Crippen LogP contribution < -0.4 is 15.1 Å². The first-order chi connectivity index (χ1) is 17.3. The van der Waals surface area contributed by atoms with Crippen molar-refractivity contribution in [2.24, 2.45) is 0 Å². The third kappa shape index (κ3) is 4.37. The number of hydrogen-bond donors (Lipinski definition) is 1. The molecule has 1 aliphatic rings.